The van der Waals surface area contributed by atoms with Crippen molar-refractivity contribution < 1.29 is 24.5 Å². The molecule has 0 bridgehead atoms. The first-order chi connectivity index (χ1) is 14.8. The van der Waals surface area contributed by atoms with Crippen LogP contribution in [0.4, 0.5) is 5.13 Å². The number of aromatic nitrogens is 1. The molecule has 0 saturated heterocycles. The maximum Gasteiger partial charge on any atom is 0.296 e. The van der Waals surface area contributed by atoms with Crippen molar-refractivity contribution in [3.05, 3.63) is 59.4 Å². The summed E-state index contributed by atoms with van der Waals surface area (Å²) in [7, 11) is 1.57. The number of thiazole rings is 1. The maximum absolute atomic E-state index is 13.1. The summed E-state index contributed by atoms with van der Waals surface area (Å²) in [5.41, 5.74) is 1.33. The van der Waals surface area contributed by atoms with E-state index in [1.54, 1.807) is 31.4 Å². The number of ether oxygens (including phenoxy) is 1. The fraction of sp³-hybridized carbons (Fsp3) is 0.261. The van der Waals surface area contributed by atoms with Gasteiger partial charge in [0.05, 0.1) is 28.9 Å². The lowest BCUT2D eigenvalue weighted by molar-refractivity contribution is -0.118. The van der Waals surface area contributed by atoms with Crippen LogP contribution in [0.3, 0.4) is 0 Å². The first kappa shape index (κ1) is 20.9. The summed E-state index contributed by atoms with van der Waals surface area (Å²) >= 11 is 1.27. The number of benzene rings is 2. The number of carbonyl (C=O) groups excluding carboxylic acids is 2. The third kappa shape index (κ3) is 3.74. The Hall–Kier alpha value is -3.39. The fourth-order valence-electron chi connectivity index (χ4n) is 3.66. The first-order valence-corrected chi connectivity index (χ1v) is 10.6. The predicted molar refractivity (Wildman–Crippen MR) is 119 cm³/mol. The third-order valence-electron chi connectivity index (χ3n) is 5.10. The number of hydrogen-bond donors (Lipinski definition) is 2. The number of ketones is 1. The highest BCUT2D eigenvalue weighted by Gasteiger charge is 2.45. The lowest BCUT2D eigenvalue weighted by Crippen LogP contribution is -2.31. The van der Waals surface area contributed by atoms with Crippen molar-refractivity contribution in [2.75, 3.05) is 12.0 Å². The second-order valence-electron chi connectivity index (χ2n) is 7.78. The van der Waals surface area contributed by atoms with E-state index in [2.05, 4.69) is 4.98 Å². The number of aromatic hydroxyl groups is 1. The Morgan fingerprint density at radius 2 is 1.90 bits per heavy atom. The number of phenols is 1. The molecular formula is C23H22N2O5S. The smallest absolute Gasteiger partial charge is 0.296 e. The van der Waals surface area contributed by atoms with Crippen molar-refractivity contribution in [2.24, 2.45) is 5.92 Å². The van der Waals surface area contributed by atoms with Gasteiger partial charge in [-0.15, -0.1) is 0 Å². The number of rotatable bonds is 6. The van der Waals surface area contributed by atoms with Crippen molar-refractivity contribution in [1.29, 1.82) is 0 Å². The van der Waals surface area contributed by atoms with Crippen molar-refractivity contribution in [3.8, 4) is 11.5 Å². The van der Waals surface area contributed by atoms with Crippen LogP contribution in [-0.2, 0) is 9.59 Å². The second-order valence-corrected chi connectivity index (χ2v) is 8.79. The summed E-state index contributed by atoms with van der Waals surface area (Å²) in [6.45, 7) is 3.81. The number of fused-ring (bicyclic) bond motifs is 1. The first-order valence-electron chi connectivity index (χ1n) is 9.83. The van der Waals surface area contributed by atoms with Crippen LogP contribution in [0.2, 0.25) is 0 Å². The van der Waals surface area contributed by atoms with Crippen molar-refractivity contribution >= 4 is 38.4 Å². The van der Waals surface area contributed by atoms with Crippen molar-refractivity contribution in [2.45, 2.75) is 26.3 Å². The van der Waals surface area contributed by atoms with Gasteiger partial charge in [-0.1, -0.05) is 37.3 Å². The molecule has 1 unspecified atom stereocenters. The van der Waals surface area contributed by atoms with E-state index in [0.29, 0.717) is 22.0 Å². The van der Waals surface area contributed by atoms with Gasteiger partial charge in [0.25, 0.3) is 5.91 Å². The summed E-state index contributed by atoms with van der Waals surface area (Å²) in [5, 5.41) is 20.8. The number of amides is 1. The zero-order valence-corrected chi connectivity index (χ0v) is 18.1. The van der Waals surface area contributed by atoms with Gasteiger partial charge in [0.1, 0.15) is 11.5 Å². The van der Waals surface area contributed by atoms with E-state index in [1.165, 1.54) is 28.4 Å². The van der Waals surface area contributed by atoms with Crippen LogP contribution in [0.15, 0.2) is 53.8 Å². The van der Waals surface area contributed by atoms with E-state index in [4.69, 9.17) is 4.74 Å². The van der Waals surface area contributed by atoms with Crippen LogP contribution in [0.1, 0.15) is 31.9 Å². The number of phenolic OH excluding ortho intramolecular Hbond substituents is 1. The van der Waals surface area contributed by atoms with Gasteiger partial charge in [-0.25, -0.2) is 4.98 Å². The fourth-order valence-corrected chi connectivity index (χ4v) is 4.68. The van der Waals surface area contributed by atoms with Crippen LogP contribution >= 0.6 is 11.3 Å². The lowest BCUT2D eigenvalue weighted by Gasteiger charge is -2.24. The molecule has 3 aromatic rings. The van der Waals surface area contributed by atoms with Gasteiger partial charge >= 0.3 is 0 Å². The largest absolute Gasteiger partial charge is 0.508 e. The minimum atomic E-state index is -0.832. The van der Waals surface area contributed by atoms with Crippen molar-refractivity contribution in [1.82, 2.24) is 4.98 Å². The highest BCUT2D eigenvalue weighted by Crippen LogP contribution is 2.44. The summed E-state index contributed by atoms with van der Waals surface area (Å²) in [4.78, 5) is 32.1. The minimum Gasteiger partial charge on any atom is -0.508 e. The number of aliphatic hydroxyl groups excluding tert-OH is 1. The molecule has 7 nitrogen and oxygen atoms in total. The summed E-state index contributed by atoms with van der Waals surface area (Å²) < 4.78 is 6.08. The van der Waals surface area contributed by atoms with Gasteiger partial charge in [0, 0.05) is 6.42 Å². The van der Waals surface area contributed by atoms with E-state index in [1.807, 2.05) is 19.9 Å². The Bertz CT molecular complexity index is 1200. The van der Waals surface area contributed by atoms with E-state index < -0.39 is 17.7 Å². The summed E-state index contributed by atoms with van der Waals surface area (Å²) in [6.07, 6.45) is 0.201. The molecule has 8 heteroatoms. The van der Waals surface area contributed by atoms with E-state index in [9.17, 15) is 19.8 Å². The van der Waals surface area contributed by atoms with Crippen LogP contribution in [0.5, 0.6) is 11.5 Å². The molecule has 160 valence electrons. The molecule has 2 N–H and O–H groups in total. The molecule has 0 aliphatic carbocycles. The maximum atomic E-state index is 13.1. The Kier molecular flexibility index (Phi) is 5.41. The molecule has 0 saturated carbocycles. The Balaban J connectivity index is 1.85. The molecule has 4 rings (SSSR count). The van der Waals surface area contributed by atoms with E-state index in [-0.39, 0.29) is 29.4 Å². The molecule has 31 heavy (non-hydrogen) atoms. The number of aliphatic hydroxyl groups is 1. The van der Waals surface area contributed by atoms with Crippen LogP contribution in [0.25, 0.3) is 10.2 Å². The molecule has 1 aromatic heterocycles. The topological polar surface area (TPSA) is 100.0 Å². The minimum absolute atomic E-state index is 0.0567. The second kappa shape index (κ2) is 8.03. The van der Waals surface area contributed by atoms with Crippen LogP contribution in [-0.4, -0.2) is 34.0 Å². The number of carbonyl (C=O) groups is 2. The highest BCUT2D eigenvalue weighted by molar-refractivity contribution is 7.22. The Morgan fingerprint density at radius 3 is 2.55 bits per heavy atom. The molecule has 2 aromatic carbocycles. The monoisotopic (exact) mass is 438 g/mol. The molecule has 1 amide bonds. The number of Topliss-reactive ketones (excluding diaryl/α,β-unsaturated/α-hetero) is 1. The average Bonchev–Trinajstić information content (AvgIpc) is 3.26. The molecule has 1 aliphatic rings. The quantitative estimate of drug-likeness (QED) is 0.587. The van der Waals surface area contributed by atoms with E-state index in [0.717, 1.165) is 4.70 Å². The number of methoxy groups -OCH3 is 1. The van der Waals surface area contributed by atoms with Crippen LogP contribution < -0.4 is 9.64 Å². The summed E-state index contributed by atoms with van der Waals surface area (Å²) in [6, 6.07) is 10.8. The van der Waals surface area contributed by atoms with Crippen molar-refractivity contribution in [3.63, 3.8) is 0 Å². The highest BCUT2D eigenvalue weighted by atomic mass is 32.1. The number of anilines is 1. The zero-order chi connectivity index (χ0) is 22.3. The SMILES string of the molecule is COc1ccc2nc(N3C(=O)C(O)=C(C(=O)CC(C)C)C3c3ccc(O)cc3)sc2c1. The molecule has 1 atom stereocenters. The zero-order valence-electron chi connectivity index (χ0n) is 17.3. The molecule has 0 radical (unpaired) electrons. The number of hydrogen-bond acceptors (Lipinski definition) is 7. The van der Waals surface area contributed by atoms with Gasteiger partial charge in [0.2, 0.25) is 0 Å². The van der Waals surface area contributed by atoms with Gasteiger partial charge in [-0.05, 0) is 41.8 Å². The Morgan fingerprint density at radius 1 is 1.19 bits per heavy atom. The van der Waals surface area contributed by atoms with Gasteiger partial charge in [0.15, 0.2) is 16.7 Å². The van der Waals surface area contributed by atoms with Gasteiger partial charge < -0.3 is 14.9 Å². The van der Waals surface area contributed by atoms with Gasteiger partial charge in [-0.3, -0.25) is 14.5 Å². The summed E-state index contributed by atoms with van der Waals surface area (Å²) in [5.74, 6) is -0.720. The van der Waals surface area contributed by atoms with Gasteiger partial charge in [-0.2, -0.15) is 0 Å². The molecule has 2 heterocycles. The standard InChI is InChI=1S/C23H22N2O5S/c1-12(2)10-17(27)19-20(13-4-6-14(26)7-5-13)25(22(29)21(19)28)23-24-16-9-8-15(30-3)11-18(16)31-23/h4-9,11-12,20,26,28H,10H2,1-3H3. The molecule has 0 fully saturated rings. The van der Waals surface area contributed by atoms with Crippen LogP contribution in [0, 0.1) is 5.92 Å². The lowest BCUT2D eigenvalue weighted by atomic mass is 9.92. The Labute approximate surface area is 183 Å². The third-order valence-corrected chi connectivity index (χ3v) is 6.12. The predicted octanol–water partition coefficient (Wildman–Crippen LogP) is 4.53. The average molecular weight is 439 g/mol. The normalized spacial score (nSPS) is 16.6. The number of nitrogens with zero attached hydrogens (tertiary/aromatic N) is 2. The molecule has 1 aliphatic heterocycles. The van der Waals surface area contributed by atoms with E-state index >= 15 is 0 Å². The molecule has 0 spiro atoms. The molecular weight excluding hydrogens is 416 g/mol.